The second-order valence-electron chi connectivity index (χ2n) is 6.08. The lowest BCUT2D eigenvalue weighted by Crippen LogP contribution is -2.29. The fourth-order valence-electron chi connectivity index (χ4n) is 2.71. The molecule has 0 atom stereocenters. The molecule has 1 heterocycles. The van der Waals surface area contributed by atoms with Crippen LogP contribution in [0.15, 0.2) is 77.7 Å². The van der Waals surface area contributed by atoms with Crippen LogP contribution in [0.5, 0.6) is 0 Å². The Morgan fingerprint density at radius 2 is 1.56 bits per heavy atom. The molecule has 3 aromatic rings. The predicted molar refractivity (Wildman–Crippen MR) is 105 cm³/mol. The normalized spacial score (nSPS) is 11.1. The molecule has 1 aromatic heterocycles. The number of aryl methyl sites for hydroxylation is 1. The van der Waals surface area contributed by atoms with E-state index in [4.69, 9.17) is 0 Å². The van der Waals surface area contributed by atoms with E-state index in [-0.39, 0.29) is 23.1 Å². The van der Waals surface area contributed by atoms with Crippen molar-refractivity contribution in [1.29, 1.82) is 0 Å². The van der Waals surface area contributed by atoms with Crippen molar-refractivity contribution in [1.82, 2.24) is 10.3 Å². The minimum Gasteiger partial charge on any atom is -0.351 e. The molecular weight excluding hydrogens is 360 g/mol. The summed E-state index contributed by atoms with van der Waals surface area (Å²) in [6, 6.07) is 21.4. The number of sulfone groups is 1. The largest absolute Gasteiger partial charge is 0.351 e. The Kier molecular flexibility index (Phi) is 5.66. The van der Waals surface area contributed by atoms with Gasteiger partial charge in [-0.05, 0) is 31.2 Å². The molecule has 5 nitrogen and oxygen atoms in total. The molecule has 0 bridgehead atoms. The first-order valence-corrected chi connectivity index (χ1v) is 10.2. The van der Waals surface area contributed by atoms with E-state index < -0.39 is 9.84 Å². The van der Waals surface area contributed by atoms with Crippen LogP contribution in [-0.2, 0) is 9.84 Å². The molecule has 0 unspecified atom stereocenters. The Hall–Kier alpha value is -2.99. The maximum Gasteiger partial charge on any atom is 0.253 e. The fourth-order valence-corrected chi connectivity index (χ4v) is 3.89. The van der Waals surface area contributed by atoms with Crippen LogP contribution in [0.4, 0.5) is 0 Å². The molecule has 0 aliphatic rings. The van der Waals surface area contributed by atoms with Gasteiger partial charge in [0, 0.05) is 12.1 Å². The third kappa shape index (κ3) is 4.60. The molecule has 3 rings (SSSR count). The number of hydrogen-bond acceptors (Lipinski definition) is 4. The second-order valence-corrected chi connectivity index (χ2v) is 8.19. The Labute approximate surface area is 159 Å². The molecule has 0 saturated carbocycles. The van der Waals surface area contributed by atoms with Crippen LogP contribution in [0.25, 0.3) is 11.3 Å². The van der Waals surface area contributed by atoms with Gasteiger partial charge < -0.3 is 5.32 Å². The minimum absolute atomic E-state index is 0.0376. The summed E-state index contributed by atoms with van der Waals surface area (Å²) in [5.74, 6) is -0.486. The molecule has 2 aromatic carbocycles. The molecule has 0 radical (unpaired) electrons. The van der Waals surface area contributed by atoms with Crippen LogP contribution in [0.2, 0.25) is 0 Å². The van der Waals surface area contributed by atoms with Crippen molar-refractivity contribution in [3.05, 3.63) is 84.1 Å². The van der Waals surface area contributed by atoms with Crippen molar-refractivity contribution in [2.75, 3.05) is 12.3 Å². The van der Waals surface area contributed by atoms with Crippen molar-refractivity contribution in [3.63, 3.8) is 0 Å². The van der Waals surface area contributed by atoms with Crippen molar-refractivity contribution in [2.24, 2.45) is 0 Å². The highest BCUT2D eigenvalue weighted by Crippen LogP contribution is 2.18. The number of nitrogens with one attached hydrogen (secondary N) is 1. The van der Waals surface area contributed by atoms with Crippen molar-refractivity contribution in [3.8, 4) is 11.3 Å². The van der Waals surface area contributed by atoms with Crippen molar-refractivity contribution in [2.45, 2.75) is 11.8 Å². The third-order valence-electron chi connectivity index (χ3n) is 4.16. The molecule has 6 heteroatoms. The zero-order valence-corrected chi connectivity index (χ0v) is 15.7. The van der Waals surface area contributed by atoms with Gasteiger partial charge in [0.05, 0.1) is 27.6 Å². The average molecular weight is 380 g/mol. The topological polar surface area (TPSA) is 76.1 Å². The molecule has 0 aliphatic heterocycles. The van der Waals surface area contributed by atoms with Gasteiger partial charge in [0.25, 0.3) is 5.91 Å². The quantitative estimate of drug-likeness (QED) is 0.712. The average Bonchev–Trinajstić information content (AvgIpc) is 2.69. The van der Waals surface area contributed by atoms with Gasteiger partial charge in [0.15, 0.2) is 9.84 Å². The van der Waals surface area contributed by atoms with Crippen LogP contribution in [0.3, 0.4) is 0 Å². The van der Waals surface area contributed by atoms with Crippen molar-refractivity contribution >= 4 is 15.7 Å². The molecule has 0 aliphatic carbocycles. The number of carbonyl (C=O) groups excluding carboxylic acids is 1. The van der Waals surface area contributed by atoms with Gasteiger partial charge in [-0.15, -0.1) is 0 Å². The lowest BCUT2D eigenvalue weighted by molar-refractivity contribution is 0.0955. The number of carbonyl (C=O) groups is 1. The first-order valence-electron chi connectivity index (χ1n) is 8.56. The zero-order chi connectivity index (χ0) is 19.3. The summed E-state index contributed by atoms with van der Waals surface area (Å²) in [4.78, 5) is 17.1. The lowest BCUT2D eigenvalue weighted by Gasteiger charge is -2.09. The molecule has 0 spiro atoms. The summed E-state index contributed by atoms with van der Waals surface area (Å²) >= 11 is 0. The first kappa shape index (κ1) is 18.8. The Balaban J connectivity index is 1.65. The van der Waals surface area contributed by atoms with Crippen molar-refractivity contribution < 1.29 is 13.2 Å². The minimum atomic E-state index is -3.42. The van der Waals surface area contributed by atoms with Gasteiger partial charge in [-0.2, -0.15) is 0 Å². The maximum absolute atomic E-state index is 12.4. The van der Waals surface area contributed by atoms with E-state index >= 15 is 0 Å². The Morgan fingerprint density at radius 3 is 2.19 bits per heavy atom. The predicted octanol–water partition coefficient (Wildman–Crippen LogP) is 3.26. The highest BCUT2D eigenvalue weighted by atomic mass is 32.2. The molecular formula is C21H20N2O3S. The molecule has 0 saturated heterocycles. The van der Waals surface area contributed by atoms with E-state index in [1.165, 1.54) is 0 Å². The summed E-state index contributed by atoms with van der Waals surface area (Å²) in [6.07, 6.45) is 0. The van der Waals surface area contributed by atoms with E-state index in [2.05, 4.69) is 10.3 Å². The smallest absolute Gasteiger partial charge is 0.253 e. The third-order valence-corrected chi connectivity index (χ3v) is 5.89. The highest BCUT2D eigenvalue weighted by molar-refractivity contribution is 7.91. The summed E-state index contributed by atoms with van der Waals surface area (Å²) in [7, 11) is -3.42. The van der Waals surface area contributed by atoms with Gasteiger partial charge in [-0.25, -0.2) is 8.42 Å². The SMILES string of the molecule is Cc1nc(-c2ccccc2)ccc1C(=O)NCCS(=O)(=O)c1ccccc1. The number of pyridine rings is 1. The number of hydrogen-bond donors (Lipinski definition) is 1. The van der Waals surface area contributed by atoms with E-state index in [1.54, 1.807) is 49.4 Å². The van der Waals surface area contributed by atoms with Gasteiger partial charge in [0.1, 0.15) is 0 Å². The fraction of sp³-hybridized carbons (Fsp3) is 0.143. The maximum atomic E-state index is 12.4. The summed E-state index contributed by atoms with van der Waals surface area (Å²) < 4.78 is 24.5. The van der Waals surface area contributed by atoms with E-state index in [0.29, 0.717) is 11.3 Å². The molecule has 1 N–H and O–H groups in total. The van der Waals surface area contributed by atoms with E-state index in [1.807, 2.05) is 30.3 Å². The molecule has 1 amide bonds. The van der Waals surface area contributed by atoms with Gasteiger partial charge in [-0.3, -0.25) is 9.78 Å². The first-order chi connectivity index (χ1) is 13.0. The number of benzene rings is 2. The van der Waals surface area contributed by atoms with Gasteiger partial charge in [-0.1, -0.05) is 48.5 Å². The highest BCUT2D eigenvalue weighted by Gasteiger charge is 2.16. The molecule has 0 fully saturated rings. The van der Waals surface area contributed by atoms with E-state index in [0.717, 1.165) is 11.3 Å². The monoisotopic (exact) mass is 380 g/mol. The number of amides is 1. The standard InChI is InChI=1S/C21H20N2O3S/c1-16-19(12-13-20(23-16)17-8-4-2-5-9-17)21(24)22-14-15-27(25,26)18-10-6-3-7-11-18/h2-13H,14-15H2,1H3,(H,22,24). The summed E-state index contributed by atoms with van der Waals surface area (Å²) in [5.41, 5.74) is 2.80. The number of aromatic nitrogens is 1. The Bertz CT molecular complexity index is 1030. The lowest BCUT2D eigenvalue weighted by atomic mass is 10.1. The summed E-state index contributed by atoms with van der Waals surface area (Å²) in [5, 5.41) is 2.67. The number of nitrogens with zero attached hydrogens (tertiary/aromatic N) is 1. The van der Waals surface area contributed by atoms with Crippen LogP contribution in [0.1, 0.15) is 16.1 Å². The molecule has 27 heavy (non-hydrogen) atoms. The van der Waals surface area contributed by atoms with Crippen LogP contribution >= 0.6 is 0 Å². The second kappa shape index (κ2) is 8.14. The molecule has 138 valence electrons. The summed E-state index contributed by atoms with van der Waals surface area (Å²) in [6.45, 7) is 1.80. The van der Waals surface area contributed by atoms with Crippen LogP contribution in [-0.4, -0.2) is 31.6 Å². The zero-order valence-electron chi connectivity index (χ0n) is 14.9. The van der Waals surface area contributed by atoms with Crippen LogP contribution < -0.4 is 5.32 Å². The number of rotatable bonds is 6. The van der Waals surface area contributed by atoms with Crippen LogP contribution in [0, 0.1) is 6.92 Å². The van der Waals surface area contributed by atoms with E-state index in [9.17, 15) is 13.2 Å². The van der Waals surface area contributed by atoms with Gasteiger partial charge in [0.2, 0.25) is 0 Å². The Morgan fingerprint density at radius 1 is 0.926 bits per heavy atom. The van der Waals surface area contributed by atoms with Gasteiger partial charge >= 0.3 is 0 Å².